The molecule has 0 heterocycles. The van der Waals surface area contributed by atoms with Gasteiger partial charge >= 0.3 is 0 Å². The summed E-state index contributed by atoms with van der Waals surface area (Å²) in [7, 11) is 1.51. The second-order valence-electron chi connectivity index (χ2n) is 4.54. The lowest BCUT2D eigenvalue weighted by Crippen LogP contribution is -2.01. The molecule has 0 aliphatic carbocycles. The van der Waals surface area contributed by atoms with Crippen molar-refractivity contribution in [2.45, 2.75) is 20.0 Å². The van der Waals surface area contributed by atoms with Crippen molar-refractivity contribution in [3.05, 3.63) is 53.3 Å². The van der Waals surface area contributed by atoms with E-state index < -0.39 is 11.9 Å². The predicted octanol–water partition coefficient (Wildman–Crippen LogP) is 3.99. The van der Waals surface area contributed by atoms with Crippen molar-refractivity contribution < 1.29 is 19.0 Å². The largest absolute Gasteiger partial charge is 0.496 e. The minimum absolute atomic E-state index is 0.125. The summed E-state index contributed by atoms with van der Waals surface area (Å²) in [6, 6.07) is 10.1. The molecule has 0 fully saturated rings. The number of ether oxygens (including phenoxy) is 2. The number of aryl methyl sites for hydroxylation is 1. The fourth-order valence-corrected chi connectivity index (χ4v) is 2.02. The van der Waals surface area contributed by atoms with Gasteiger partial charge in [-0.3, -0.25) is 0 Å². The fourth-order valence-electron chi connectivity index (χ4n) is 2.02. The molecular weight excluding hydrogens is 259 g/mol. The molecule has 1 unspecified atom stereocenters. The summed E-state index contributed by atoms with van der Waals surface area (Å²) < 4.78 is 24.8. The van der Waals surface area contributed by atoms with E-state index in [0.29, 0.717) is 22.6 Å². The molecule has 0 aliphatic rings. The van der Waals surface area contributed by atoms with Crippen LogP contribution in [0.1, 0.15) is 24.2 Å². The molecule has 1 N–H and O–H groups in total. The molecule has 106 valence electrons. The van der Waals surface area contributed by atoms with Crippen LogP contribution in [-0.4, -0.2) is 12.2 Å². The molecule has 2 aromatic carbocycles. The minimum Gasteiger partial charge on any atom is -0.496 e. The first kappa shape index (κ1) is 14.3. The minimum atomic E-state index is -0.783. The van der Waals surface area contributed by atoms with E-state index in [1.165, 1.54) is 7.11 Å². The number of hydrogen-bond donors (Lipinski definition) is 1. The Balaban J connectivity index is 2.46. The molecule has 0 amide bonds. The van der Waals surface area contributed by atoms with Crippen LogP contribution in [0, 0.1) is 12.7 Å². The Morgan fingerprint density at radius 2 is 1.65 bits per heavy atom. The Bertz CT molecular complexity index is 609. The highest BCUT2D eigenvalue weighted by Gasteiger charge is 2.17. The average Bonchev–Trinajstić information content (AvgIpc) is 2.43. The number of aliphatic hydroxyl groups excluding tert-OH is 1. The summed E-state index contributed by atoms with van der Waals surface area (Å²) in [6.07, 6.45) is -0.783. The Hall–Kier alpha value is -2.07. The molecule has 20 heavy (non-hydrogen) atoms. The highest BCUT2D eigenvalue weighted by molar-refractivity contribution is 5.48. The predicted molar refractivity (Wildman–Crippen MR) is 74.8 cm³/mol. The number of benzene rings is 2. The van der Waals surface area contributed by atoms with Crippen molar-refractivity contribution in [3.8, 4) is 17.2 Å². The van der Waals surface area contributed by atoms with Crippen LogP contribution < -0.4 is 9.47 Å². The first-order valence-corrected chi connectivity index (χ1v) is 6.32. The van der Waals surface area contributed by atoms with Gasteiger partial charge in [0.05, 0.1) is 18.8 Å². The topological polar surface area (TPSA) is 38.7 Å². The van der Waals surface area contributed by atoms with Gasteiger partial charge in [-0.2, -0.15) is 0 Å². The zero-order chi connectivity index (χ0) is 14.7. The van der Waals surface area contributed by atoms with Crippen LogP contribution in [-0.2, 0) is 0 Å². The van der Waals surface area contributed by atoms with Gasteiger partial charge in [0.2, 0.25) is 0 Å². The van der Waals surface area contributed by atoms with Crippen molar-refractivity contribution in [1.82, 2.24) is 0 Å². The molecule has 0 spiro atoms. The van der Waals surface area contributed by atoms with Gasteiger partial charge < -0.3 is 14.6 Å². The summed E-state index contributed by atoms with van der Waals surface area (Å²) in [4.78, 5) is 0. The Morgan fingerprint density at radius 3 is 2.30 bits per heavy atom. The van der Waals surface area contributed by atoms with Gasteiger partial charge in [-0.1, -0.05) is 18.2 Å². The van der Waals surface area contributed by atoms with E-state index in [9.17, 15) is 9.50 Å². The average molecular weight is 276 g/mol. The maximum atomic E-state index is 14.0. The lowest BCUT2D eigenvalue weighted by molar-refractivity contribution is 0.190. The van der Waals surface area contributed by atoms with Gasteiger partial charge in [0.15, 0.2) is 11.6 Å². The molecule has 0 saturated heterocycles. The molecular formula is C16H17FO3. The molecule has 0 saturated carbocycles. The quantitative estimate of drug-likeness (QED) is 0.917. The SMILES string of the molecule is COc1cccc(Oc2cccc(C)c2F)c1C(C)O. The molecule has 0 radical (unpaired) electrons. The number of methoxy groups -OCH3 is 1. The maximum Gasteiger partial charge on any atom is 0.168 e. The highest BCUT2D eigenvalue weighted by Crippen LogP contribution is 2.37. The van der Waals surface area contributed by atoms with Crippen LogP contribution in [0.4, 0.5) is 4.39 Å². The summed E-state index contributed by atoms with van der Waals surface area (Å²) in [5.74, 6) is 0.599. The van der Waals surface area contributed by atoms with Crippen LogP contribution >= 0.6 is 0 Å². The Morgan fingerprint density at radius 1 is 1.05 bits per heavy atom. The zero-order valence-corrected chi connectivity index (χ0v) is 11.7. The number of halogens is 1. The van der Waals surface area contributed by atoms with Crippen molar-refractivity contribution in [2.75, 3.05) is 7.11 Å². The van der Waals surface area contributed by atoms with Crippen LogP contribution in [0.15, 0.2) is 36.4 Å². The van der Waals surface area contributed by atoms with E-state index >= 15 is 0 Å². The van der Waals surface area contributed by atoms with Gasteiger partial charge in [-0.05, 0) is 37.6 Å². The van der Waals surface area contributed by atoms with Gasteiger partial charge in [0.1, 0.15) is 11.5 Å². The molecule has 0 aromatic heterocycles. The Labute approximate surface area is 117 Å². The molecule has 0 aliphatic heterocycles. The number of rotatable bonds is 4. The van der Waals surface area contributed by atoms with Gasteiger partial charge in [-0.25, -0.2) is 4.39 Å². The third kappa shape index (κ3) is 2.75. The highest BCUT2D eigenvalue weighted by atomic mass is 19.1. The molecule has 4 heteroatoms. The fraction of sp³-hybridized carbons (Fsp3) is 0.250. The van der Waals surface area contributed by atoms with E-state index in [4.69, 9.17) is 9.47 Å². The van der Waals surface area contributed by atoms with Crippen molar-refractivity contribution in [1.29, 1.82) is 0 Å². The Kier molecular flexibility index (Phi) is 4.25. The van der Waals surface area contributed by atoms with Gasteiger partial charge in [0, 0.05) is 0 Å². The molecule has 2 rings (SSSR count). The normalized spacial score (nSPS) is 12.1. The lowest BCUT2D eigenvalue weighted by Gasteiger charge is -2.17. The van der Waals surface area contributed by atoms with Crippen LogP contribution in [0.5, 0.6) is 17.2 Å². The third-order valence-electron chi connectivity index (χ3n) is 3.04. The smallest absolute Gasteiger partial charge is 0.168 e. The van der Waals surface area contributed by atoms with E-state index in [-0.39, 0.29) is 5.75 Å². The molecule has 3 nitrogen and oxygen atoms in total. The molecule has 0 bridgehead atoms. The standard InChI is InChI=1S/C16H17FO3/c1-10-6-4-9-14(16(10)17)20-13-8-5-7-12(19-3)15(13)11(2)18/h4-9,11,18H,1-3H3. The second kappa shape index (κ2) is 5.92. The maximum absolute atomic E-state index is 14.0. The lowest BCUT2D eigenvalue weighted by atomic mass is 10.1. The summed E-state index contributed by atoms with van der Waals surface area (Å²) >= 11 is 0. The van der Waals surface area contributed by atoms with Crippen LogP contribution in [0.25, 0.3) is 0 Å². The van der Waals surface area contributed by atoms with Crippen LogP contribution in [0.3, 0.4) is 0 Å². The van der Waals surface area contributed by atoms with E-state index in [0.717, 1.165) is 0 Å². The molecule has 1 atom stereocenters. The number of hydrogen-bond acceptors (Lipinski definition) is 3. The summed E-state index contributed by atoms with van der Waals surface area (Å²) in [5, 5.41) is 9.86. The van der Waals surface area contributed by atoms with E-state index in [1.54, 1.807) is 50.2 Å². The van der Waals surface area contributed by atoms with Gasteiger partial charge in [-0.15, -0.1) is 0 Å². The van der Waals surface area contributed by atoms with Gasteiger partial charge in [0.25, 0.3) is 0 Å². The second-order valence-corrected chi connectivity index (χ2v) is 4.54. The monoisotopic (exact) mass is 276 g/mol. The van der Waals surface area contributed by atoms with E-state index in [1.807, 2.05) is 0 Å². The zero-order valence-electron chi connectivity index (χ0n) is 11.7. The summed E-state index contributed by atoms with van der Waals surface area (Å²) in [5.41, 5.74) is 1.000. The van der Waals surface area contributed by atoms with Crippen molar-refractivity contribution in [2.24, 2.45) is 0 Å². The number of aliphatic hydroxyl groups is 1. The van der Waals surface area contributed by atoms with Crippen LogP contribution in [0.2, 0.25) is 0 Å². The first-order chi connectivity index (χ1) is 9.54. The summed E-state index contributed by atoms with van der Waals surface area (Å²) in [6.45, 7) is 3.28. The van der Waals surface area contributed by atoms with E-state index in [2.05, 4.69) is 0 Å². The van der Waals surface area contributed by atoms with Crippen molar-refractivity contribution >= 4 is 0 Å². The van der Waals surface area contributed by atoms with Crippen molar-refractivity contribution in [3.63, 3.8) is 0 Å². The third-order valence-corrected chi connectivity index (χ3v) is 3.04. The molecule has 2 aromatic rings. The first-order valence-electron chi connectivity index (χ1n) is 6.32.